The molecule has 1 saturated carbocycles. The Bertz CT molecular complexity index is 813. The van der Waals surface area contributed by atoms with Gasteiger partial charge in [0.25, 0.3) is 0 Å². The molecule has 2 aliphatic rings. The van der Waals surface area contributed by atoms with Crippen LogP contribution in [0.25, 0.3) is 0 Å². The molecule has 1 aliphatic carbocycles. The lowest BCUT2D eigenvalue weighted by molar-refractivity contribution is 0.275. The molecule has 0 amide bonds. The number of halogens is 2. The minimum atomic E-state index is 0.0670. The molecule has 0 atom stereocenters. The van der Waals surface area contributed by atoms with E-state index in [1.165, 1.54) is 19.3 Å². The van der Waals surface area contributed by atoms with Gasteiger partial charge in [0.05, 0.1) is 22.3 Å². The predicted octanol–water partition coefficient (Wildman–Crippen LogP) is 5.30. The van der Waals surface area contributed by atoms with E-state index in [0.29, 0.717) is 16.6 Å². The van der Waals surface area contributed by atoms with Crippen LogP contribution in [0.2, 0.25) is 10.0 Å². The van der Waals surface area contributed by atoms with Gasteiger partial charge in [-0.25, -0.2) is 4.98 Å². The van der Waals surface area contributed by atoms with Gasteiger partial charge in [0.2, 0.25) is 0 Å². The molecule has 4 nitrogen and oxygen atoms in total. The Morgan fingerprint density at radius 2 is 1.84 bits per heavy atom. The number of hydrogen-bond acceptors (Lipinski definition) is 3. The molecule has 130 valence electrons. The average Bonchev–Trinajstić information content (AvgIpc) is 2.63. The molecule has 1 fully saturated rings. The molecule has 2 aromatic rings. The number of nitrogens with one attached hydrogen (secondary N) is 1. The molecule has 1 aromatic heterocycles. The molecule has 2 heterocycles. The van der Waals surface area contributed by atoms with Gasteiger partial charge in [-0.15, -0.1) is 0 Å². The van der Waals surface area contributed by atoms with Gasteiger partial charge in [0.15, 0.2) is 5.82 Å². The summed E-state index contributed by atoms with van der Waals surface area (Å²) in [5.74, 6) is 1.89. The number of fused-ring (bicyclic) bond motifs is 1. The summed E-state index contributed by atoms with van der Waals surface area (Å²) in [5, 5.41) is 4.61. The third kappa shape index (κ3) is 3.38. The van der Waals surface area contributed by atoms with Gasteiger partial charge in [-0.2, -0.15) is 0 Å². The van der Waals surface area contributed by atoms with E-state index in [-0.39, 0.29) is 5.41 Å². The predicted molar refractivity (Wildman–Crippen MR) is 102 cm³/mol. The highest BCUT2D eigenvalue weighted by Gasteiger charge is 2.42. The highest BCUT2D eigenvalue weighted by atomic mass is 35.5. The van der Waals surface area contributed by atoms with Gasteiger partial charge in [-0.1, -0.05) is 48.5 Å². The highest BCUT2D eigenvalue weighted by Crippen LogP contribution is 2.44. The molecule has 25 heavy (non-hydrogen) atoms. The van der Waals surface area contributed by atoms with Crippen LogP contribution < -0.4 is 5.32 Å². The quantitative estimate of drug-likeness (QED) is 0.775. The van der Waals surface area contributed by atoms with E-state index in [1.54, 1.807) is 12.4 Å². The lowest BCUT2D eigenvalue weighted by Crippen LogP contribution is -2.44. The molecule has 1 spiro atoms. The standard InChI is InChI=1S/C19H20Cl2N4/c20-14-5-4-13(10-15(14)21)12-24-18-19(6-2-1-3-7-19)11-16-17(25-18)23-9-8-22-16/h4-5,8-10H,1-3,6-7,11-12H2,(H,23,24,25). The number of nitrogens with zero attached hydrogens (tertiary/aromatic N) is 3. The number of anilines is 1. The number of aromatic nitrogens is 2. The molecular weight excluding hydrogens is 355 g/mol. The van der Waals surface area contributed by atoms with Crippen LogP contribution in [0.3, 0.4) is 0 Å². The smallest absolute Gasteiger partial charge is 0.153 e. The van der Waals surface area contributed by atoms with Crippen molar-refractivity contribution >= 4 is 34.9 Å². The highest BCUT2D eigenvalue weighted by molar-refractivity contribution is 6.42. The molecule has 1 aromatic carbocycles. The molecular formula is C19H20Cl2N4. The maximum absolute atomic E-state index is 6.13. The first kappa shape index (κ1) is 16.8. The SMILES string of the molecule is Clc1ccc(CN=C2Nc3nccnc3CC23CCCCC3)cc1Cl. The molecule has 0 bridgehead atoms. The van der Waals surface area contributed by atoms with E-state index in [9.17, 15) is 0 Å². The van der Waals surface area contributed by atoms with E-state index >= 15 is 0 Å². The number of rotatable bonds is 2. The number of amidine groups is 1. The van der Waals surface area contributed by atoms with E-state index < -0.39 is 0 Å². The third-order valence-corrected chi connectivity index (χ3v) is 5.97. The van der Waals surface area contributed by atoms with Crippen LogP contribution in [-0.4, -0.2) is 15.8 Å². The van der Waals surface area contributed by atoms with E-state index in [0.717, 1.165) is 42.2 Å². The van der Waals surface area contributed by atoms with Crippen LogP contribution in [0.15, 0.2) is 35.6 Å². The van der Waals surface area contributed by atoms with E-state index in [2.05, 4.69) is 15.3 Å². The van der Waals surface area contributed by atoms with Crippen molar-refractivity contribution in [3.63, 3.8) is 0 Å². The molecule has 1 N–H and O–H groups in total. The number of hydrogen-bond donors (Lipinski definition) is 1. The maximum Gasteiger partial charge on any atom is 0.153 e. The third-order valence-electron chi connectivity index (χ3n) is 5.23. The van der Waals surface area contributed by atoms with Crippen molar-refractivity contribution in [1.29, 1.82) is 0 Å². The maximum atomic E-state index is 6.13. The Balaban J connectivity index is 1.66. The van der Waals surface area contributed by atoms with Gasteiger partial charge in [0, 0.05) is 24.2 Å². The lowest BCUT2D eigenvalue weighted by atomic mass is 9.68. The van der Waals surface area contributed by atoms with Gasteiger partial charge >= 0.3 is 0 Å². The van der Waals surface area contributed by atoms with Gasteiger partial charge in [-0.3, -0.25) is 9.98 Å². The Labute approximate surface area is 157 Å². The topological polar surface area (TPSA) is 50.2 Å². The lowest BCUT2D eigenvalue weighted by Gasteiger charge is -2.41. The van der Waals surface area contributed by atoms with Crippen LogP contribution in [0, 0.1) is 5.41 Å². The molecule has 0 radical (unpaired) electrons. The van der Waals surface area contributed by atoms with Crippen LogP contribution in [0.4, 0.5) is 5.82 Å². The monoisotopic (exact) mass is 374 g/mol. The van der Waals surface area contributed by atoms with Crippen molar-refractivity contribution in [2.75, 3.05) is 5.32 Å². The van der Waals surface area contributed by atoms with E-state index in [1.807, 2.05) is 18.2 Å². The Hall–Kier alpha value is -1.65. The van der Waals surface area contributed by atoms with Crippen molar-refractivity contribution < 1.29 is 0 Å². The fourth-order valence-corrected chi connectivity index (χ4v) is 4.23. The summed E-state index contributed by atoms with van der Waals surface area (Å²) >= 11 is 12.1. The van der Waals surface area contributed by atoms with Crippen LogP contribution in [-0.2, 0) is 13.0 Å². The zero-order valence-corrected chi connectivity index (χ0v) is 15.4. The summed E-state index contributed by atoms with van der Waals surface area (Å²) in [6.45, 7) is 0.580. The largest absolute Gasteiger partial charge is 0.327 e. The summed E-state index contributed by atoms with van der Waals surface area (Å²) in [6, 6.07) is 5.69. The summed E-state index contributed by atoms with van der Waals surface area (Å²) < 4.78 is 0. The first-order chi connectivity index (χ1) is 12.2. The average molecular weight is 375 g/mol. The van der Waals surface area contributed by atoms with Crippen LogP contribution >= 0.6 is 23.2 Å². The molecule has 0 saturated heterocycles. The normalized spacial score (nSPS) is 20.3. The second kappa shape index (κ2) is 6.93. The van der Waals surface area contributed by atoms with Crippen molar-refractivity contribution in [3.8, 4) is 0 Å². The van der Waals surface area contributed by atoms with E-state index in [4.69, 9.17) is 28.2 Å². The first-order valence-electron chi connectivity index (χ1n) is 8.72. The van der Waals surface area contributed by atoms with Crippen molar-refractivity contribution in [2.45, 2.75) is 45.1 Å². The zero-order valence-electron chi connectivity index (χ0n) is 13.9. The Morgan fingerprint density at radius 3 is 2.64 bits per heavy atom. The van der Waals surface area contributed by atoms with Crippen LogP contribution in [0.1, 0.15) is 43.4 Å². The minimum absolute atomic E-state index is 0.0670. The second-order valence-electron chi connectivity index (χ2n) is 6.91. The van der Waals surface area contributed by atoms with Crippen molar-refractivity contribution in [1.82, 2.24) is 9.97 Å². The summed E-state index contributed by atoms with van der Waals surface area (Å²) in [5.41, 5.74) is 2.18. The Morgan fingerprint density at radius 1 is 1.04 bits per heavy atom. The van der Waals surface area contributed by atoms with Gasteiger partial charge in [-0.05, 0) is 30.5 Å². The molecule has 0 unspecified atom stereocenters. The Kier molecular flexibility index (Phi) is 4.65. The summed E-state index contributed by atoms with van der Waals surface area (Å²) in [6.07, 6.45) is 10.5. The second-order valence-corrected chi connectivity index (χ2v) is 7.72. The van der Waals surface area contributed by atoms with Gasteiger partial charge < -0.3 is 5.32 Å². The zero-order chi connectivity index (χ0) is 17.3. The van der Waals surface area contributed by atoms with Gasteiger partial charge in [0.1, 0.15) is 5.84 Å². The summed E-state index contributed by atoms with van der Waals surface area (Å²) in [7, 11) is 0. The van der Waals surface area contributed by atoms with Crippen LogP contribution in [0.5, 0.6) is 0 Å². The molecule has 4 rings (SSSR count). The van der Waals surface area contributed by atoms with Crippen molar-refractivity contribution in [3.05, 3.63) is 51.9 Å². The molecule has 1 aliphatic heterocycles. The fraction of sp³-hybridized carbons (Fsp3) is 0.421. The fourth-order valence-electron chi connectivity index (χ4n) is 3.91. The number of aliphatic imine (C=N–C) groups is 1. The molecule has 6 heteroatoms. The minimum Gasteiger partial charge on any atom is -0.327 e. The first-order valence-corrected chi connectivity index (χ1v) is 9.48. The number of benzene rings is 1. The van der Waals surface area contributed by atoms with Crippen molar-refractivity contribution in [2.24, 2.45) is 10.4 Å². The summed E-state index contributed by atoms with van der Waals surface area (Å²) in [4.78, 5) is 13.9.